The van der Waals surface area contributed by atoms with Gasteiger partial charge in [0.2, 0.25) is 10.0 Å². The van der Waals surface area contributed by atoms with E-state index in [1.54, 1.807) is 33.5 Å². The van der Waals surface area contributed by atoms with Gasteiger partial charge in [-0.2, -0.15) is 4.31 Å². The molecule has 2 aliphatic heterocycles. The van der Waals surface area contributed by atoms with E-state index in [-0.39, 0.29) is 22.9 Å². The number of hydrogen-bond acceptors (Lipinski definition) is 6. The summed E-state index contributed by atoms with van der Waals surface area (Å²) in [5.74, 6) is 0.119. The fraction of sp³-hybridized carbons (Fsp3) is 0.500. The third-order valence-corrected chi connectivity index (χ3v) is 10.5. The molecule has 37 heavy (non-hydrogen) atoms. The first-order valence-electron chi connectivity index (χ1n) is 13.2. The van der Waals surface area contributed by atoms with Gasteiger partial charge >= 0.3 is 0 Å². The van der Waals surface area contributed by atoms with Gasteiger partial charge in [-0.05, 0) is 74.4 Å². The van der Waals surface area contributed by atoms with E-state index in [4.69, 9.17) is 9.72 Å². The third-order valence-electron chi connectivity index (χ3n) is 7.40. The Balaban J connectivity index is 1.46. The summed E-state index contributed by atoms with van der Waals surface area (Å²) in [5.41, 5.74) is 2.53. The summed E-state index contributed by atoms with van der Waals surface area (Å²) in [5, 5.41) is 0.641. The van der Waals surface area contributed by atoms with Crippen LogP contribution in [0.2, 0.25) is 0 Å². The average Bonchev–Trinajstić information content (AvgIpc) is 3.56. The van der Waals surface area contributed by atoms with Gasteiger partial charge in [-0.3, -0.25) is 9.69 Å². The van der Waals surface area contributed by atoms with Gasteiger partial charge < -0.3 is 4.74 Å². The molecule has 0 aliphatic carbocycles. The van der Waals surface area contributed by atoms with Crippen LogP contribution in [0.1, 0.15) is 74.7 Å². The molecule has 0 bridgehead atoms. The second kappa shape index (κ2) is 10.8. The smallest absolute Gasteiger partial charge is 0.260 e. The predicted octanol–water partition coefficient (Wildman–Crippen LogP) is 5.81. The van der Waals surface area contributed by atoms with Crippen LogP contribution in [0.15, 0.2) is 47.4 Å². The van der Waals surface area contributed by atoms with Crippen LogP contribution in [-0.4, -0.2) is 55.5 Å². The number of amides is 1. The second-order valence-corrected chi connectivity index (χ2v) is 13.3. The predicted molar refractivity (Wildman–Crippen MR) is 148 cm³/mol. The number of benzene rings is 2. The van der Waals surface area contributed by atoms with Crippen LogP contribution in [0.5, 0.6) is 0 Å². The number of piperidine rings is 1. The van der Waals surface area contributed by atoms with Crippen LogP contribution >= 0.6 is 11.3 Å². The second-order valence-electron chi connectivity index (χ2n) is 10.4. The minimum atomic E-state index is -3.60. The number of hydrogen-bond donors (Lipinski definition) is 0. The van der Waals surface area contributed by atoms with E-state index in [9.17, 15) is 13.2 Å². The van der Waals surface area contributed by atoms with Gasteiger partial charge in [0, 0.05) is 24.8 Å². The molecule has 2 fully saturated rings. The van der Waals surface area contributed by atoms with Gasteiger partial charge in [-0.25, -0.2) is 13.4 Å². The molecule has 2 unspecified atom stereocenters. The van der Waals surface area contributed by atoms with Crippen molar-refractivity contribution in [3.63, 3.8) is 0 Å². The highest BCUT2D eigenvalue weighted by molar-refractivity contribution is 7.89. The van der Waals surface area contributed by atoms with Crippen molar-refractivity contribution in [1.29, 1.82) is 0 Å². The SMILES string of the molecule is CC(C)c1cccc2sc(N(CC3CCCO3)C(=O)c3ccc(S(=O)(=O)N4CCCCC4C)cc3)nc12. The van der Waals surface area contributed by atoms with Crippen molar-refractivity contribution >= 4 is 42.6 Å². The number of ether oxygens (including phenoxy) is 1. The van der Waals surface area contributed by atoms with Gasteiger partial charge in [0.05, 0.1) is 27.8 Å². The molecule has 7 nitrogen and oxygen atoms in total. The lowest BCUT2D eigenvalue weighted by Gasteiger charge is -2.32. The molecule has 1 amide bonds. The summed E-state index contributed by atoms with van der Waals surface area (Å²) in [6.45, 7) is 7.90. The maximum Gasteiger partial charge on any atom is 0.260 e. The van der Waals surface area contributed by atoms with Gasteiger partial charge in [0.1, 0.15) is 0 Å². The molecule has 2 aliphatic rings. The summed E-state index contributed by atoms with van der Waals surface area (Å²) in [4.78, 5) is 20.7. The van der Waals surface area contributed by atoms with Gasteiger partial charge in [0.15, 0.2) is 5.13 Å². The van der Waals surface area contributed by atoms with E-state index in [2.05, 4.69) is 19.9 Å². The van der Waals surface area contributed by atoms with E-state index in [0.29, 0.717) is 36.3 Å². The number of carbonyl (C=O) groups is 1. The van der Waals surface area contributed by atoms with E-state index >= 15 is 0 Å². The Morgan fingerprint density at radius 2 is 1.92 bits per heavy atom. The largest absolute Gasteiger partial charge is 0.376 e. The molecule has 0 N–H and O–H groups in total. The normalized spacial score (nSPS) is 21.1. The van der Waals surface area contributed by atoms with Gasteiger partial charge in [-0.15, -0.1) is 0 Å². The van der Waals surface area contributed by atoms with Crippen molar-refractivity contribution in [2.75, 3.05) is 24.6 Å². The molecule has 0 spiro atoms. The van der Waals surface area contributed by atoms with Crippen LogP contribution < -0.4 is 4.90 Å². The Morgan fingerprint density at radius 3 is 2.59 bits per heavy atom. The molecule has 1 aromatic heterocycles. The Morgan fingerprint density at radius 1 is 1.14 bits per heavy atom. The number of fused-ring (bicyclic) bond motifs is 1. The summed E-state index contributed by atoms with van der Waals surface area (Å²) < 4.78 is 35.0. The topological polar surface area (TPSA) is 79.8 Å². The maximum atomic E-state index is 13.8. The highest BCUT2D eigenvalue weighted by Gasteiger charge is 2.32. The molecule has 0 saturated carbocycles. The fourth-order valence-electron chi connectivity index (χ4n) is 5.27. The molecule has 3 aromatic rings. The van der Waals surface area contributed by atoms with Crippen molar-refractivity contribution in [1.82, 2.24) is 9.29 Å². The summed E-state index contributed by atoms with van der Waals surface area (Å²) in [7, 11) is -3.60. The number of anilines is 1. The third kappa shape index (κ3) is 5.32. The summed E-state index contributed by atoms with van der Waals surface area (Å²) in [6.07, 6.45) is 4.63. The number of rotatable bonds is 7. The lowest BCUT2D eigenvalue weighted by atomic mass is 10.0. The zero-order valence-corrected chi connectivity index (χ0v) is 23.4. The van der Waals surface area contributed by atoms with Crippen molar-refractivity contribution in [2.24, 2.45) is 0 Å². The molecule has 5 rings (SSSR count). The summed E-state index contributed by atoms with van der Waals surface area (Å²) in [6, 6.07) is 12.5. The first-order valence-corrected chi connectivity index (χ1v) is 15.5. The lowest BCUT2D eigenvalue weighted by molar-refractivity contribution is 0.0917. The first kappa shape index (κ1) is 26.3. The van der Waals surface area contributed by atoms with E-state index in [0.717, 1.165) is 47.9 Å². The van der Waals surface area contributed by atoms with Crippen LogP contribution in [-0.2, 0) is 14.8 Å². The van der Waals surface area contributed by atoms with E-state index < -0.39 is 10.0 Å². The Hall–Kier alpha value is -2.33. The zero-order valence-electron chi connectivity index (χ0n) is 21.7. The molecular weight excluding hydrogens is 506 g/mol. The first-order chi connectivity index (χ1) is 17.8. The molecular formula is C28H35N3O4S2. The molecule has 9 heteroatoms. The number of sulfonamides is 1. The minimum Gasteiger partial charge on any atom is -0.376 e. The maximum absolute atomic E-state index is 13.8. The molecule has 2 atom stereocenters. The number of nitrogens with zero attached hydrogens (tertiary/aromatic N) is 3. The molecule has 2 saturated heterocycles. The quantitative estimate of drug-likeness (QED) is 0.377. The standard InChI is InChI=1S/C28H35N3O4S2/c1-19(2)24-10-6-11-25-26(24)29-28(36-25)30(18-22-9-7-17-35-22)27(32)21-12-14-23(15-13-21)37(33,34)31-16-5-4-8-20(31)3/h6,10-15,19-20,22H,4-5,7-9,16-18H2,1-3H3. The van der Waals surface area contributed by atoms with Crippen molar-refractivity contribution in [2.45, 2.75) is 75.8 Å². The van der Waals surface area contributed by atoms with Gasteiger partial charge in [0.25, 0.3) is 5.91 Å². The highest BCUT2D eigenvalue weighted by atomic mass is 32.2. The number of aromatic nitrogens is 1. The number of para-hydroxylation sites is 1. The molecule has 0 radical (unpaired) electrons. The van der Waals surface area contributed by atoms with Crippen molar-refractivity contribution in [3.05, 3.63) is 53.6 Å². The molecule has 3 heterocycles. The van der Waals surface area contributed by atoms with Crippen molar-refractivity contribution in [3.8, 4) is 0 Å². The van der Waals surface area contributed by atoms with Crippen LogP contribution in [0.4, 0.5) is 5.13 Å². The Kier molecular flexibility index (Phi) is 7.68. The van der Waals surface area contributed by atoms with Crippen LogP contribution in [0.25, 0.3) is 10.2 Å². The van der Waals surface area contributed by atoms with Crippen LogP contribution in [0.3, 0.4) is 0 Å². The Labute approximate surface area is 223 Å². The number of carbonyl (C=O) groups excluding carboxylic acids is 1. The minimum absolute atomic E-state index is 0.0169. The van der Waals surface area contributed by atoms with Gasteiger partial charge in [-0.1, -0.05) is 43.7 Å². The Bertz CT molecular complexity index is 1360. The molecule has 198 valence electrons. The fourth-order valence-corrected chi connectivity index (χ4v) is 7.98. The van der Waals surface area contributed by atoms with E-state index in [1.165, 1.54) is 11.3 Å². The zero-order chi connectivity index (χ0) is 26.2. The van der Waals surface area contributed by atoms with Crippen LogP contribution in [0, 0.1) is 0 Å². The van der Waals surface area contributed by atoms with E-state index in [1.807, 2.05) is 19.1 Å². The van der Waals surface area contributed by atoms with Crippen molar-refractivity contribution < 1.29 is 17.9 Å². The monoisotopic (exact) mass is 541 g/mol. The average molecular weight is 542 g/mol. The lowest BCUT2D eigenvalue weighted by Crippen LogP contribution is -2.42. The number of thiazole rings is 1. The summed E-state index contributed by atoms with van der Waals surface area (Å²) >= 11 is 1.51. The highest BCUT2D eigenvalue weighted by Crippen LogP contribution is 2.35. The molecule has 2 aromatic carbocycles.